The standard InChI is InChI=1S/C13H25NO2/c1-3-4-5-6-7-8-14-9-12(2)16-13(10-14)11-15/h3,12-13,15H,1,4-11H2,2H3. The average molecular weight is 227 g/mol. The number of ether oxygens (including phenoxy) is 1. The molecular formula is C13H25NO2. The molecule has 1 saturated heterocycles. The second kappa shape index (κ2) is 7.82. The number of rotatable bonds is 7. The monoisotopic (exact) mass is 227 g/mol. The number of aliphatic hydroxyl groups excluding tert-OH is 1. The van der Waals surface area contributed by atoms with E-state index in [-0.39, 0.29) is 18.8 Å². The van der Waals surface area contributed by atoms with Gasteiger partial charge in [0.1, 0.15) is 0 Å². The SMILES string of the molecule is C=CCCCCCN1CC(C)OC(CO)C1. The van der Waals surface area contributed by atoms with Crippen LogP contribution in [0.3, 0.4) is 0 Å². The molecule has 0 aromatic carbocycles. The van der Waals surface area contributed by atoms with E-state index in [9.17, 15) is 0 Å². The van der Waals surface area contributed by atoms with Gasteiger partial charge in [-0.2, -0.15) is 0 Å². The summed E-state index contributed by atoms with van der Waals surface area (Å²) in [6.07, 6.45) is 7.11. The molecule has 0 bridgehead atoms. The molecule has 2 atom stereocenters. The first kappa shape index (κ1) is 13.7. The van der Waals surface area contributed by atoms with Crippen molar-refractivity contribution in [1.82, 2.24) is 4.90 Å². The summed E-state index contributed by atoms with van der Waals surface area (Å²) in [5.74, 6) is 0. The van der Waals surface area contributed by atoms with Crippen LogP contribution < -0.4 is 0 Å². The van der Waals surface area contributed by atoms with E-state index in [1.54, 1.807) is 0 Å². The Morgan fingerprint density at radius 1 is 1.38 bits per heavy atom. The van der Waals surface area contributed by atoms with Crippen molar-refractivity contribution in [2.24, 2.45) is 0 Å². The molecule has 16 heavy (non-hydrogen) atoms. The zero-order valence-electron chi connectivity index (χ0n) is 10.4. The Kier molecular flexibility index (Phi) is 6.69. The van der Waals surface area contributed by atoms with Gasteiger partial charge in [-0.25, -0.2) is 0 Å². The first-order valence-electron chi connectivity index (χ1n) is 6.35. The lowest BCUT2D eigenvalue weighted by Gasteiger charge is -2.36. The van der Waals surface area contributed by atoms with Gasteiger partial charge in [0.15, 0.2) is 0 Å². The Morgan fingerprint density at radius 3 is 2.88 bits per heavy atom. The molecule has 1 rings (SSSR count). The van der Waals surface area contributed by atoms with Crippen molar-refractivity contribution in [2.45, 2.75) is 44.8 Å². The van der Waals surface area contributed by atoms with E-state index in [4.69, 9.17) is 9.84 Å². The molecule has 3 heteroatoms. The first-order chi connectivity index (χ1) is 7.76. The molecule has 1 N–H and O–H groups in total. The first-order valence-corrected chi connectivity index (χ1v) is 6.35. The van der Waals surface area contributed by atoms with Crippen LogP contribution >= 0.6 is 0 Å². The van der Waals surface area contributed by atoms with Gasteiger partial charge in [-0.15, -0.1) is 6.58 Å². The molecule has 0 aliphatic carbocycles. The summed E-state index contributed by atoms with van der Waals surface area (Å²) in [5, 5.41) is 9.11. The topological polar surface area (TPSA) is 32.7 Å². The van der Waals surface area contributed by atoms with E-state index in [0.29, 0.717) is 0 Å². The fraction of sp³-hybridized carbons (Fsp3) is 0.846. The molecule has 1 aliphatic rings. The fourth-order valence-electron chi connectivity index (χ4n) is 2.22. The minimum absolute atomic E-state index is 0.0110. The van der Waals surface area contributed by atoms with Crippen molar-refractivity contribution in [2.75, 3.05) is 26.2 Å². The normalized spacial score (nSPS) is 26.9. The van der Waals surface area contributed by atoms with Crippen LogP contribution in [0.1, 0.15) is 32.6 Å². The zero-order chi connectivity index (χ0) is 11.8. The molecular weight excluding hydrogens is 202 g/mol. The van der Waals surface area contributed by atoms with Crippen LogP contribution in [-0.4, -0.2) is 48.5 Å². The maximum atomic E-state index is 9.11. The third-order valence-electron chi connectivity index (χ3n) is 2.99. The number of aliphatic hydroxyl groups is 1. The number of nitrogens with zero attached hydrogens (tertiary/aromatic N) is 1. The molecule has 94 valence electrons. The Bertz CT molecular complexity index is 196. The van der Waals surface area contributed by atoms with Crippen molar-refractivity contribution >= 4 is 0 Å². The predicted octanol–water partition coefficient (Wildman–Crippen LogP) is 1.81. The second-order valence-corrected chi connectivity index (χ2v) is 4.65. The van der Waals surface area contributed by atoms with E-state index in [0.717, 1.165) is 26.1 Å². The highest BCUT2D eigenvalue weighted by Crippen LogP contribution is 2.12. The fourth-order valence-corrected chi connectivity index (χ4v) is 2.22. The molecule has 0 saturated carbocycles. The predicted molar refractivity (Wildman–Crippen MR) is 66.5 cm³/mol. The van der Waals surface area contributed by atoms with Gasteiger partial charge >= 0.3 is 0 Å². The molecule has 2 unspecified atom stereocenters. The molecule has 1 aliphatic heterocycles. The maximum Gasteiger partial charge on any atom is 0.0936 e. The molecule has 0 radical (unpaired) electrons. The van der Waals surface area contributed by atoms with Crippen molar-refractivity contribution < 1.29 is 9.84 Å². The number of morpholine rings is 1. The van der Waals surface area contributed by atoms with Gasteiger partial charge in [0.2, 0.25) is 0 Å². The van der Waals surface area contributed by atoms with Crippen LogP contribution in [0.5, 0.6) is 0 Å². The highest BCUT2D eigenvalue weighted by Gasteiger charge is 2.23. The Morgan fingerprint density at radius 2 is 2.19 bits per heavy atom. The number of hydrogen-bond donors (Lipinski definition) is 1. The quantitative estimate of drug-likeness (QED) is 0.532. The summed E-state index contributed by atoms with van der Waals surface area (Å²) >= 11 is 0. The van der Waals surface area contributed by atoms with Crippen LogP contribution in [0.15, 0.2) is 12.7 Å². The lowest BCUT2D eigenvalue weighted by molar-refractivity contribution is -0.0952. The van der Waals surface area contributed by atoms with Crippen LogP contribution in [0.2, 0.25) is 0 Å². The lowest BCUT2D eigenvalue weighted by atomic mass is 10.1. The van der Waals surface area contributed by atoms with Gasteiger partial charge in [-0.3, -0.25) is 4.90 Å². The Labute approximate surface area is 99.1 Å². The van der Waals surface area contributed by atoms with Gasteiger partial charge in [0.05, 0.1) is 18.8 Å². The summed E-state index contributed by atoms with van der Waals surface area (Å²) in [4.78, 5) is 2.41. The van der Waals surface area contributed by atoms with Gasteiger partial charge in [-0.1, -0.05) is 12.5 Å². The summed E-state index contributed by atoms with van der Waals surface area (Å²) in [7, 11) is 0. The van der Waals surface area contributed by atoms with Crippen molar-refractivity contribution in [3.8, 4) is 0 Å². The summed E-state index contributed by atoms with van der Waals surface area (Å²) < 4.78 is 5.61. The Balaban J connectivity index is 2.13. The molecule has 0 spiro atoms. The highest BCUT2D eigenvalue weighted by atomic mass is 16.5. The van der Waals surface area contributed by atoms with Crippen LogP contribution in [0.25, 0.3) is 0 Å². The summed E-state index contributed by atoms with van der Waals surface area (Å²) in [6.45, 7) is 8.94. The smallest absolute Gasteiger partial charge is 0.0936 e. The summed E-state index contributed by atoms with van der Waals surface area (Å²) in [6, 6.07) is 0. The summed E-state index contributed by atoms with van der Waals surface area (Å²) in [5.41, 5.74) is 0. The van der Waals surface area contributed by atoms with E-state index in [2.05, 4.69) is 18.4 Å². The molecule has 0 amide bonds. The third-order valence-corrected chi connectivity index (χ3v) is 2.99. The van der Waals surface area contributed by atoms with E-state index >= 15 is 0 Å². The molecule has 1 heterocycles. The van der Waals surface area contributed by atoms with Gasteiger partial charge in [0, 0.05) is 13.1 Å². The van der Waals surface area contributed by atoms with E-state index in [1.165, 1.54) is 19.3 Å². The van der Waals surface area contributed by atoms with Crippen molar-refractivity contribution in [1.29, 1.82) is 0 Å². The third kappa shape index (κ3) is 5.10. The zero-order valence-corrected chi connectivity index (χ0v) is 10.4. The number of hydrogen-bond acceptors (Lipinski definition) is 3. The van der Waals surface area contributed by atoms with Gasteiger partial charge in [0.25, 0.3) is 0 Å². The van der Waals surface area contributed by atoms with Crippen LogP contribution in [0, 0.1) is 0 Å². The molecule has 3 nitrogen and oxygen atoms in total. The van der Waals surface area contributed by atoms with Gasteiger partial charge in [-0.05, 0) is 32.7 Å². The van der Waals surface area contributed by atoms with Crippen LogP contribution in [0.4, 0.5) is 0 Å². The maximum absolute atomic E-state index is 9.11. The second-order valence-electron chi connectivity index (χ2n) is 4.65. The molecule has 0 aromatic heterocycles. The van der Waals surface area contributed by atoms with Crippen molar-refractivity contribution in [3.05, 3.63) is 12.7 Å². The van der Waals surface area contributed by atoms with Crippen LogP contribution in [-0.2, 0) is 4.74 Å². The van der Waals surface area contributed by atoms with Gasteiger partial charge < -0.3 is 9.84 Å². The van der Waals surface area contributed by atoms with E-state index < -0.39 is 0 Å². The molecule has 0 aromatic rings. The largest absolute Gasteiger partial charge is 0.394 e. The Hall–Kier alpha value is -0.380. The van der Waals surface area contributed by atoms with E-state index in [1.807, 2.05) is 6.08 Å². The lowest BCUT2D eigenvalue weighted by Crippen LogP contribution is -2.48. The highest BCUT2D eigenvalue weighted by molar-refractivity contribution is 4.75. The molecule has 1 fully saturated rings. The number of allylic oxidation sites excluding steroid dienone is 1. The average Bonchev–Trinajstić information content (AvgIpc) is 2.28. The minimum Gasteiger partial charge on any atom is -0.394 e. The van der Waals surface area contributed by atoms with Crippen molar-refractivity contribution in [3.63, 3.8) is 0 Å². The number of unbranched alkanes of at least 4 members (excludes halogenated alkanes) is 3. The minimum atomic E-state index is 0.0110.